The normalized spacial score (nSPS) is 11.6. The standard InChI is InChI=1S/C76H128N2O8/c1-7-13-19-25-31-33-35-37-43-49-53-83-73-59-67(77-63-65-57-71(81-51-45-39-27-21-15-9-3)75(61-69(65)79)85-55-47-41-29-23-17-11-5)68(60-74(73)84-54-50-44-38-36-34-32-26-20-14-8-2)78-64-66-58-72(82-52-46-40-28-22-16-10-4)76(62-70(66)80)86-56-48-42-30-24-18-12-6/h57-64,79-80H,7-56H2,1-6H3. The average Bonchev–Trinajstić information content (AvgIpc) is 3.11. The molecule has 3 rings (SSSR count). The highest BCUT2D eigenvalue weighted by atomic mass is 16.5. The first-order valence-corrected chi connectivity index (χ1v) is 36.2. The van der Waals surface area contributed by atoms with E-state index >= 15 is 0 Å². The van der Waals surface area contributed by atoms with Crippen molar-refractivity contribution in [3.8, 4) is 46.0 Å². The number of rotatable bonds is 60. The van der Waals surface area contributed by atoms with Crippen LogP contribution in [0.5, 0.6) is 46.0 Å². The maximum absolute atomic E-state index is 11.7. The van der Waals surface area contributed by atoms with E-state index in [0.717, 1.165) is 77.0 Å². The molecular weight excluding hydrogens is 1070 g/mol. The highest BCUT2D eigenvalue weighted by molar-refractivity contribution is 5.91. The summed E-state index contributed by atoms with van der Waals surface area (Å²) in [7, 11) is 0. The summed E-state index contributed by atoms with van der Waals surface area (Å²) in [5.41, 5.74) is 2.06. The second kappa shape index (κ2) is 53.4. The van der Waals surface area contributed by atoms with Crippen LogP contribution in [0.2, 0.25) is 0 Å². The van der Waals surface area contributed by atoms with Gasteiger partial charge in [0.2, 0.25) is 0 Å². The summed E-state index contributed by atoms with van der Waals surface area (Å²) in [6, 6.07) is 10.9. The number of aromatic hydroxyl groups is 2. The van der Waals surface area contributed by atoms with Crippen LogP contribution in [0, 0.1) is 0 Å². The Labute approximate surface area is 527 Å². The molecule has 0 radical (unpaired) electrons. The van der Waals surface area contributed by atoms with Gasteiger partial charge in [0.05, 0.1) is 51.0 Å². The van der Waals surface area contributed by atoms with Crippen LogP contribution in [0.4, 0.5) is 11.4 Å². The number of nitrogens with zero attached hydrogens (tertiary/aromatic N) is 2. The first-order valence-electron chi connectivity index (χ1n) is 36.2. The van der Waals surface area contributed by atoms with Crippen LogP contribution >= 0.6 is 0 Å². The molecule has 0 heterocycles. The number of aliphatic imine (C=N–C) groups is 2. The molecule has 3 aromatic rings. The van der Waals surface area contributed by atoms with Gasteiger partial charge in [-0.25, -0.2) is 0 Å². The number of benzene rings is 3. The second-order valence-electron chi connectivity index (χ2n) is 24.5. The third kappa shape index (κ3) is 36.6. The van der Waals surface area contributed by atoms with E-state index in [4.69, 9.17) is 38.4 Å². The lowest BCUT2D eigenvalue weighted by atomic mass is 10.1. The van der Waals surface area contributed by atoms with Gasteiger partial charge in [0, 0.05) is 47.8 Å². The Morgan fingerprint density at radius 2 is 0.419 bits per heavy atom. The fraction of sp³-hybridized carbons (Fsp3) is 0.737. The van der Waals surface area contributed by atoms with Crippen molar-refractivity contribution in [1.82, 2.24) is 0 Å². The first kappa shape index (κ1) is 75.6. The Balaban J connectivity index is 2.07. The molecule has 0 saturated carbocycles. The molecule has 0 aromatic heterocycles. The molecule has 3 aromatic carbocycles. The van der Waals surface area contributed by atoms with E-state index in [1.54, 1.807) is 24.6 Å². The number of phenolic OH excluding ortho intramolecular Hbond substituents is 2. The lowest BCUT2D eigenvalue weighted by Crippen LogP contribution is -2.04. The minimum atomic E-state index is 0.0507. The van der Waals surface area contributed by atoms with Gasteiger partial charge in [-0.2, -0.15) is 0 Å². The molecule has 10 nitrogen and oxygen atoms in total. The third-order valence-corrected chi connectivity index (χ3v) is 16.4. The quantitative estimate of drug-likeness (QED) is 0.0424. The van der Waals surface area contributed by atoms with E-state index in [9.17, 15) is 10.2 Å². The minimum Gasteiger partial charge on any atom is -0.507 e. The number of ether oxygens (including phenoxy) is 6. The van der Waals surface area contributed by atoms with E-state index in [2.05, 4.69) is 41.5 Å². The van der Waals surface area contributed by atoms with Crippen molar-refractivity contribution in [2.75, 3.05) is 39.6 Å². The summed E-state index contributed by atoms with van der Waals surface area (Å²) in [5, 5.41) is 23.3. The van der Waals surface area contributed by atoms with E-state index in [1.807, 2.05) is 24.3 Å². The van der Waals surface area contributed by atoms with Gasteiger partial charge >= 0.3 is 0 Å². The molecule has 0 unspecified atom stereocenters. The molecule has 0 saturated heterocycles. The first-order chi connectivity index (χ1) is 42.4. The van der Waals surface area contributed by atoms with Gasteiger partial charge in [-0.1, -0.05) is 286 Å². The van der Waals surface area contributed by atoms with E-state index < -0.39 is 0 Å². The van der Waals surface area contributed by atoms with Crippen molar-refractivity contribution in [3.63, 3.8) is 0 Å². The van der Waals surface area contributed by atoms with Crippen LogP contribution in [0.15, 0.2) is 46.4 Å². The van der Waals surface area contributed by atoms with Crippen LogP contribution in [0.1, 0.15) is 335 Å². The topological polar surface area (TPSA) is 121 Å². The second-order valence-corrected chi connectivity index (χ2v) is 24.5. The van der Waals surface area contributed by atoms with Crippen molar-refractivity contribution in [2.45, 2.75) is 324 Å². The van der Waals surface area contributed by atoms with Crippen molar-refractivity contribution in [1.29, 1.82) is 0 Å². The maximum Gasteiger partial charge on any atom is 0.164 e. The molecule has 0 spiro atoms. The van der Waals surface area contributed by atoms with E-state index in [1.165, 1.54) is 205 Å². The van der Waals surface area contributed by atoms with E-state index in [0.29, 0.717) is 96.6 Å². The summed E-state index contributed by atoms with van der Waals surface area (Å²) in [6.07, 6.45) is 56.1. The SMILES string of the molecule is CCCCCCCCCCCCOc1cc(N=Cc2cc(OCCCCCCCC)c(OCCCCCCCC)cc2O)c(N=Cc2cc(OCCCCCCCC)c(OCCCCCCCC)cc2O)cc1OCCCCCCCCCCCC. The Kier molecular flexibility index (Phi) is 47.0. The maximum atomic E-state index is 11.7. The van der Waals surface area contributed by atoms with Crippen molar-refractivity contribution in [3.05, 3.63) is 47.5 Å². The zero-order valence-electron chi connectivity index (χ0n) is 56.2. The molecule has 0 aliphatic carbocycles. The largest absolute Gasteiger partial charge is 0.507 e. The van der Waals surface area contributed by atoms with Gasteiger partial charge in [-0.3, -0.25) is 9.98 Å². The van der Waals surface area contributed by atoms with Crippen LogP contribution in [-0.2, 0) is 0 Å². The summed E-state index contributed by atoms with van der Waals surface area (Å²) in [6.45, 7) is 16.9. The van der Waals surface area contributed by atoms with Gasteiger partial charge < -0.3 is 38.6 Å². The Bertz CT molecular complexity index is 1990. The summed E-state index contributed by atoms with van der Waals surface area (Å²) in [5.74, 6) is 3.62. The number of hydrogen-bond acceptors (Lipinski definition) is 10. The van der Waals surface area contributed by atoms with Crippen LogP contribution in [0.3, 0.4) is 0 Å². The molecule has 0 amide bonds. The average molecular weight is 1200 g/mol. The van der Waals surface area contributed by atoms with Crippen molar-refractivity contribution in [2.24, 2.45) is 9.98 Å². The molecule has 0 bridgehead atoms. The van der Waals surface area contributed by atoms with Crippen LogP contribution in [-0.4, -0.2) is 62.3 Å². The lowest BCUT2D eigenvalue weighted by Gasteiger charge is -2.16. The van der Waals surface area contributed by atoms with Crippen LogP contribution in [0.25, 0.3) is 0 Å². The fourth-order valence-corrected chi connectivity index (χ4v) is 10.8. The Hall–Kier alpha value is -4.60. The smallest absolute Gasteiger partial charge is 0.164 e. The number of hydrogen-bond donors (Lipinski definition) is 2. The van der Waals surface area contributed by atoms with Crippen molar-refractivity contribution >= 4 is 23.8 Å². The predicted molar refractivity (Wildman–Crippen MR) is 367 cm³/mol. The van der Waals surface area contributed by atoms with Gasteiger partial charge in [0.1, 0.15) is 11.5 Å². The predicted octanol–water partition coefficient (Wildman–Crippen LogP) is 24.2. The number of phenols is 2. The lowest BCUT2D eigenvalue weighted by molar-refractivity contribution is 0.257. The molecule has 2 N–H and O–H groups in total. The summed E-state index contributed by atoms with van der Waals surface area (Å²) < 4.78 is 39.0. The van der Waals surface area contributed by atoms with Gasteiger partial charge in [0.25, 0.3) is 0 Å². The molecule has 0 atom stereocenters. The van der Waals surface area contributed by atoms with Gasteiger partial charge in [0.15, 0.2) is 34.5 Å². The summed E-state index contributed by atoms with van der Waals surface area (Å²) >= 11 is 0. The molecule has 10 heteroatoms. The minimum absolute atomic E-state index is 0.0507. The Morgan fingerprint density at radius 3 is 0.628 bits per heavy atom. The highest BCUT2D eigenvalue weighted by Gasteiger charge is 2.17. The van der Waals surface area contributed by atoms with Crippen molar-refractivity contribution < 1.29 is 38.6 Å². The van der Waals surface area contributed by atoms with Gasteiger partial charge in [-0.05, 0) is 50.7 Å². The fourth-order valence-electron chi connectivity index (χ4n) is 10.8. The molecule has 490 valence electrons. The van der Waals surface area contributed by atoms with E-state index in [-0.39, 0.29) is 11.5 Å². The zero-order valence-corrected chi connectivity index (χ0v) is 56.2. The third-order valence-electron chi connectivity index (χ3n) is 16.4. The number of unbranched alkanes of at least 4 members (excludes halogenated alkanes) is 38. The van der Waals surface area contributed by atoms with Crippen LogP contribution < -0.4 is 28.4 Å². The zero-order chi connectivity index (χ0) is 61.6. The monoisotopic (exact) mass is 1200 g/mol. The molecule has 86 heavy (non-hydrogen) atoms. The molecule has 0 aliphatic rings. The Morgan fingerprint density at radius 1 is 0.244 bits per heavy atom. The highest BCUT2D eigenvalue weighted by Crippen LogP contribution is 2.42. The molecule has 0 fully saturated rings. The molecular formula is C76H128N2O8. The molecule has 0 aliphatic heterocycles. The van der Waals surface area contributed by atoms with Gasteiger partial charge in [-0.15, -0.1) is 0 Å². The summed E-state index contributed by atoms with van der Waals surface area (Å²) in [4.78, 5) is 10.2.